The molecule has 0 heterocycles. The first-order valence-electron chi connectivity index (χ1n) is 3.54. The lowest BCUT2D eigenvalue weighted by Crippen LogP contribution is -2.27. The van der Waals surface area contributed by atoms with Crippen molar-refractivity contribution in [2.75, 3.05) is 13.1 Å². The molecular weight excluding hydrogens is 142 g/mol. The van der Waals surface area contributed by atoms with Gasteiger partial charge in [-0.05, 0) is 12.5 Å². The smallest absolute Gasteiger partial charge is 0.221 e. The second-order valence-electron chi connectivity index (χ2n) is 2.48. The predicted molar refractivity (Wildman–Crippen MR) is 41.5 cm³/mol. The van der Waals surface area contributed by atoms with E-state index in [-0.39, 0.29) is 18.4 Å². The largest absolute Gasteiger partial charge is 0.343 e. The molecule has 0 saturated heterocycles. The minimum atomic E-state index is -0.107. The summed E-state index contributed by atoms with van der Waals surface area (Å²) in [5, 5.41) is 10.6. The Morgan fingerprint density at radius 3 is 2.91 bits per heavy atom. The second kappa shape index (κ2) is 5.69. The van der Waals surface area contributed by atoms with E-state index in [9.17, 15) is 4.79 Å². The molecule has 0 fully saturated rings. The Labute approximate surface area is 66.4 Å². The summed E-state index contributed by atoms with van der Waals surface area (Å²) in [6, 6.07) is 1.83. The van der Waals surface area contributed by atoms with Crippen molar-refractivity contribution in [3.05, 3.63) is 0 Å². The first kappa shape index (κ1) is 9.92. The minimum Gasteiger partial charge on any atom is -0.343 e. The van der Waals surface area contributed by atoms with Crippen LogP contribution >= 0.6 is 0 Å². The highest BCUT2D eigenvalue weighted by Crippen LogP contribution is 1.97. The minimum absolute atomic E-state index is 0.0795. The maximum absolute atomic E-state index is 10.9. The van der Waals surface area contributed by atoms with Crippen molar-refractivity contribution in [3.8, 4) is 6.07 Å². The number of carbonyl (C=O) groups excluding carboxylic acids is 1. The van der Waals surface area contributed by atoms with E-state index in [4.69, 9.17) is 11.0 Å². The second-order valence-corrected chi connectivity index (χ2v) is 2.48. The van der Waals surface area contributed by atoms with Gasteiger partial charge in [-0.15, -0.1) is 0 Å². The molecule has 0 radical (unpaired) electrons. The SMILES string of the molecule is CC(CN)CC(=O)NCC#N. The van der Waals surface area contributed by atoms with Gasteiger partial charge in [0.2, 0.25) is 5.91 Å². The highest BCUT2D eigenvalue weighted by molar-refractivity contribution is 5.76. The van der Waals surface area contributed by atoms with Crippen LogP contribution in [0.2, 0.25) is 0 Å². The number of carbonyl (C=O) groups is 1. The van der Waals surface area contributed by atoms with Crippen molar-refractivity contribution >= 4 is 5.91 Å². The molecule has 62 valence electrons. The third-order valence-electron chi connectivity index (χ3n) is 1.30. The van der Waals surface area contributed by atoms with Crippen LogP contribution in [-0.2, 0) is 4.79 Å². The Kier molecular flexibility index (Phi) is 5.13. The third kappa shape index (κ3) is 5.37. The fourth-order valence-electron chi connectivity index (χ4n) is 0.610. The molecule has 0 aliphatic heterocycles. The third-order valence-corrected chi connectivity index (χ3v) is 1.30. The van der Waals surface area contributed by atoms with Crippen LogP contribution in [0.3, 0.4) is 0 Å². The normalized spacial score (nSPS) is 11.7. The monoisotopic (exact) mass is 155 g/mol. The first-order chi connectivity index (χ1) is 5.20. The van der Waals surface area contributed by atoms with Gasteiger partial charge in [-0.25, -0.2) is 0 Å². The Balaban J connectivity index is 3.45. The summed E-state index contributed by atoms with van der Waals surface area (Å²) in [6.45, 7) is 2.47. The summed E-state index contributed by atoms with van der Waals surface area (Å²) in [5.41, 5.74) is 5.30. The van der Waals surface area contributed by atoms with Gasteiger partial charge in [0.25, 0.3) is 0 Å². The van der Waals surface area contributed by atoms with Crippen molar-refractivity contribution in [2.24, 2.45) is 11.7 Å². The average molecular weight is 155 g/mol. The number of amides is 1. The van der Waals surface area contributed by atoms with Gasteiger partial charge in [0.05, 0.1) is 6.07 Å². The highest BCUT2D eigenvalue weighted by Gasteiger charge is 2.05. The van der Waals surface area contributed by atoms with Crippen molar-refractivity contribution in [1.29, 1.82) is 5.26 Å². The zero-order valence-corrected chi connectivity index (χ0v) is 6.63. The molecule has 3 N–H and O–H groups in total. The van der Waals surface area contributed by atoms with E-state index >= 15 is 0 Å². The van der Waals surface area contributed by atoms with Crippen LogP contribution in [0.4, 0.5) is 0 Å². The fourth-order valence-corrected chi connectivity index (χ4v) is 0.610. The summed E-state index contributed by atoms with van der Waals surface area (Å²) < 4.78 is 0. The van der Waals surface area contributed by atoms with Gasteiger partial charge in [-0.3, -0.25) is 4.79 Å². The van der Waals surface area contributed by atoms with Gasteiger partial charge in [0.1, 0.15) is 6.54 Å². The summed E-state index contributed by atoms with van der Waals surface area (Å²) in [7, 11) is 0. The van der Waals surface area contributed by atoms with Crippen LogP contribution < -0.4 is 11.1 Å². The Hall–Kier alpha value is -1.08. The van der Waals surface area contributed by atoms with E-state index in [2.05, 4.69) is 5.32 Å². The van der Waals surface area contributed by atoms with E-state index in [0.29, 0.717) is 13.0 Å². The van der Waals surface area contributed by atoms with E-state index < -0.39 is 0 Å². The zero-order chi connectivity index (χ0) is 8.69. The molecule has 1 unspecified atom stereocenters. The average Bonchev–Trinajstić information content (AvgIpc) is 2.00. The molecule has 0 aromatic heterocycles. The van der Waals surface area contributed by atoms with Gasteiger partial charge < -0.3 is 11.1 Å². The molecule has 0 bridgehead atoms. The number of nitriles is 1. The van der Waals surface area contributed by atoms with Crippen molar-refractivity contribution < 1.29 is 4.79 Å². The number of rotatable bonds is 4. The molecule has 0 spiro atoms. The summed E-state index contributed by atoms with van der Waals surface area (Å²) >= 11 is 0. The van der Waals surface area contributed by atoms with Crippen LogP contribution in [0.15, 0.2) is 0 Å². The lowest BCUT2D eigenvalue weighted by atomic mass is 10.1. The fraction of sp³-hybridized carbons (Fsp3) is 0.714. The van der Waals surface area contributed by atoms with Crippen molar-refractivity contribution in [2.45, 2.75) is 13.3 Å². The van der Waals surface area contributed by atoms with Crippen LogP contribution in [-0.4, -0.2) is 19.0 Å². The van der Waals surface area contributed by atoms with Crippen LogP contribution in [0, 0.1) is 17.2 Å². The zero-order valence-electron chi connectivity index (χ0n) is 6.63. The lowest BCUT2D eigenvalue weighted by Gasteiger charge is -2.06. The molecule has 4 nitrogen and oxygen atoms in total. The quantitative estimate of drug-likeness (QED) is 0.543. The van der Waals surface area contributed by atoms with Gasteiger partial charge in [0.15, 0.2) is 0 Å². The number of nitrogens with zero attached hydrogens (tertiary/aromatic N) is 1. The molecule has 1 amide bonds. The first-order valence-corrected chi connectivity index (χ1v) is 3.54. The van der Waals surface area contributed by atoms with Crippen LogP contribution in [0.5, 0.6) is 0 Å². The van der Waals surface area contributed by atoms with Gasteiger partial charge in [-0.1, -0.05) is 6.92 Å². The van der Waals surface area contributed by atoms with Crippen molar-refractivity contribution in [1.82, 2.24) is 5.32 Å². The van der Waals surface area contributed by atoms with Crippen LogP contribution in [0.1, 0.15) is 13.3 Å². The van der Waals surface area contributed by atoms with Gasteiger partial charge in [-0.2, -0.15) is 5.26 Å². The Morgan fingerprint density at radius 1 is 1.82 bits per heavy atom. The van der Waals surface area contributed by atoms with E-state index in [1.807, 2.05) is 13.0 Å². The van der Waals surface area contributed by atoms with E-state index in [0.717, 1.165) is 0 Å². The van der Waals surface area contributed by atoms with Gasteiger partial charge in [0, 0.05) is 6.42 Å². The maximum atomic E-state index is 10.9. The molecule has 0 aromatic rings. The molecule has 0 saturated carbocycles. The number of hydrogen-bond acceptors (Lipinski definition) is 3. The summed E-state index contributed by atoms with van der Waals surface area (Å²) in [4.78, 5) is 10.9. The molecule has 4 heteroatoms. The maximum Gasteiger partial charge on any atom is 0.221 e. The molecule has 0 aromatic carbocycles. The summed E-state index contributed by atoms with van der Waals surface area (Å²) in [6.07, 6.45) is 0.401. The standard InChI is InChI=1S/C7H13N3O/c1-6(5-9)4-7(11)10-3-2-8/h6H,3-5,9H2,1H3,(H,10,11). The Morgan fingerprint density at radius 2 is 2.45 bits per heavy atom. The molecule has 0 aliphatic rings. The molecule has 0 aliphatic carbocycles. The molecule has 11 heavy (non-hydrogen) atoms. The number of nitrogens with two attached hydrogens (primary N) is 1. The van der Waals surface area contributed by atoms with Crippen molar-refractivity contribution in [3.63, 3.8) is 0 Å². The highest BCUT2D eigenvalue weighted by atomic mass is 16.1. The van der Waals surface area contributed by atoms with Crippen LogP contribution in [0.25, 0.3) is 0 Å². The molecular formula is C7H13N3O. The predicted octanol–water partition coefficient (Wildman–Crippen LogP) is -0.389. The van der Waals surface area contributed by atoms with Gasteiger partial charge >= 0.3 is 0 Å². The molecule has 1 atom stereocenters. The molecule has 0 rings (SSSR count). The van der Waals surface area contributed by atoms with E-state index in [1.165, 1.54) is 0 Å². The number of nitrogens with one attached hydrogen (secondary N) is 1. The topological polar surface area (TPSA) is 78.9 Å². The summed E-state index contributed by atoms with van der Waals surface area (Å²) in [5.74, 6) is 0.0817. The lowest BCUT2D eigenvalue weighted by molar-refractivity contribution is -0.121. The number of hydrogen-bond donors (Lipinski definition) is 2. The Bertz CT molecular complexity index is 162. The van der Waals surface area contributed by atoms with E-state index in [1.54, 1.807) is 0 Å².